The number of aromatic hydroxyl groups is 2. The molecule has 1 saturated heterocycles. The lowest BCUT2D eigenvalue weighted by Gasteiger charge is -2.18. The van der Waals surface area contributed by atoms with Gasteiger partial charge in [0.25, 0.3) is 0 Å². The Morgan fingerprint density at radius 1 is 1.16 bits per heavy atom. The summed E-state index contributed by atoms with van der Waals surface area (Å²) in [7, 11) is 0. The van der Waals surface area contributed by atoms with Crippen LogP contribution in [-0.4, -0.2) is 45.7 Å². The van der Waals surface area contributed by atoms with Crippen LogP contribution in [0.3, 0.4) is 0 Å². The van der Waals surface area contributed by atoms with E-state index in [-0.39, 0.29) is 40.5 Å². The highest BCUT2D eigenvalue weighted by molar-refractivity contribution is 6.33. The summed E-state index contributed by atoms with van der Waals surface area (Å²) in [6.07, 6.45) is 4.41. The average molecular weight is 369 g/mol. The molecule has 6 nitrogen and oxygen atoms in total. The quantitative estimate of drug-likeness (QED) is 0.370. The number of carbonyl (C=O) groups is 1. The van der Waals surface area contributed by atoms with Gasteiger partial charge in [0.2, 0.25) is 0 Å². The van der Waals surface area contributed by atoms with Crippen molar-refractivity contribution >= 4 is 17.6 Å². The van der Waals surface area contributed by atoms with E-state index in [0.29, 0.717) is 12.8 Å². The van der Waals surface area contributed by atoms with Gasteiger partial charge in [-0.15, -0.1) is 0 Å². The van der Waals surface area contributed by atoms with Gasteiger partial charge in [-0.2, -0.15) is 0 Å². The van der Waals surface area contributed by atoms with Crippen molar-refractivity contribution in [1.29, 1.82) is 0 Å². The van der Waals surface area contributed by atoms with Crippen LogP contribution in [0.25, 0.3) is 0 Å². The first-order valence-corrected chi connectivity index (χ1v) is 8.67. The van der Waals surface area contributed by atoms with Crippen molar-refractivity contribution < 1.29 is 29.6 Å². The van der Waals surface area contributed by atoms with E-state index in [1.54, 1.807) is 6.92 Å². The van der Waals surface area contributed by atoms with Gasteiger partial charge in [0.15, 0.2) is 0 Å². The van der Waals surface area contributed by atoms with Gasteiger partial charge in [-0.05, 0) is 25.3 Å². The van der Waals surface area contributed by atoms with Crippen LogP contribution in [0.1, 0.15) is 42.1 Å². The topological polar surface area (TPSA) is 99.5 Å². The minimum absolute atomic E-state index is 0.00645. The van der Waals surface area contributed by atoms with Gasteiger partial charge >= 0.3 is 5.97 Å². The molecule has 0 radical (unpaired) electrons. The SMILES string of the molecule is C[C@@H]1C[C@H]2O[C@@H]2C/C=C/C[C@@H](O)Cc2c(Cl)c(O)cc(O)c2C(=O)O1. The first-order chi connectivity index (χ1) is 11.9. The summed E-state index contributed by atoms with van der Waals surface area (Å²) in [6, 6.07) is 1.00. The number of cyclic esters (lactones) is 1. The number of ether oxygens (including phenoxy) is 2. The molecular formula is C18H21ClO6. The van der Waals surface area contributed by atoms with Crippen molar-refractivity contribution in [3.8, 4) is 11.5 Å². The summed E-state index contributed by atoms with van der Waals surface area (Å²) in [5.74, 6) is -1.51. The van der Waals surface area contributed by atoms with Crippen molar-refractivity contribution in [3.63, 3.8) is 0 Å². The third-order valence-electron chi connectivity index (χ3n) is 4.47. The van der Waals surface area contributed by atoms with Crippen LogP contribution in [0, 0.1) is 0 Å². The van der Waals surface area contributed by atoms with Crippen LogP contribution in [0.15, 0.2) is 18.2 Å². The number of epoxide rings is 1. The number of aliphatic hydroxyl groups excluding tert-OH is 1. The van der Waals surface area contributed by atoms with Gasteiger partial charge in [0.1, 0.15) is 23.2 Å². The molecule has 0 bridgehead atoms. The molecule has 1 fully saturated rings. The highest BCUT2D eigenvalue weighted by atomic mass is 35.5. The number of benzene rings is 1. The summed E-state index contributed by atoms with van der Waals surface area (Å²) in [6.45, 7) is 1.76. The number of phenolic OH excluding ortho intramolecular Hbond substituents is 2. The highest BCUT2D eigenvalue weighted by Crippen LogP contribution is 2.38. The maximum absolute atomic E-state index is 12.5. The lowest BCUT2D eigenvalue weighted by molar-refractivity contribution is 0.0305. The minimum atomic E-state index is -0.821. The first kappa shape index (κ1) is 18.0. The predicted octanol–water partition coefficient (Wildman–Crippen LogP) is 2.71. The molecule has 4 atom stereocenters. The number of rotatable bonds is 0. The molecule has 0 spiro atoms. The second-order valence-electron chi connectivity index (χ2n) is 6.55. The van der Waals surface area contributed by atoms with Crippen LogP contribution in [0.5, 0.6) is 11.5 Å². The summed E-state index contributed by atoms with van der Waals surface area (Å²) in [4.78, 5) is 12.5. The Morgan fingerprint density at radius 3 is 2.64 bits per heavy atom. The van der Waals surface area contributed by atoms with E-state index in [1.165, 1.54) is 0 Å². The summed E-state index contributed by atoms with van der Waals surface area (Å²) in [5, 5.41) is 30.1. The van der Waals surface area contributed by atoms with Gasteiger partial charge in [0.05, 0.1) is 23.3 Å². The Balaban J connectivity index is 1.95. The molecule has 3 N–H and O–H groups in total. The van der Waals surface area contributed by atoms with Crippen molar-refractivity contribution in [2.24, 2.45) is 0 Å². The summed E-state index contributed by atoms with van der Waals surface area (Å²) >= 11 is 6.11. The Hall–Kier alpha value is -1.76. The summed E-state index contributed by atoms with van der Waals surface area (Å²) < 4.78 is 11.0. The smallest absolute Gasteiger partial charge is 0.342 e. The van der Waals surface area contributed by atoms with Gasteiger partial charge in [0, 0.05) is 18.9 Å². The second-order valence-corrected chi connectivity index (χ2v) is 6.93. The van der Waals surface area contributed by atoms with Gasteiger partial charge in [-0.1, -0.05) is 23.8 Å². The third kappa shape index (κ3) is 4.08. The molecule has 2 aliphatic heterocycles. The molecule has 0 unspecified atom stereocenters. The Kier molecular flexibility index (Phi) is 5.22. The number of hydrogen-bond donors (Lipinski definition) is 3. The summed E-state index contributed by atoms with van der Waals surface area (Å²) in [5.41, 5.74) is 0.0536. The zero-order valence-corrected chi connectivity index (χ0v) is 14.6. The lowest BCUT2D eigenvalue weighted by atomic mass is 9.98. The Labute approximate surface area is 150 Å². The van der Waals surface area contributed by atoms with Crippen molar-refractivity contribution in [1.82, 2.24) is 0 Å². The second kappa shape index (κ2) is 7.23. The number of fused-ring (bicyclic) bond motifs is 2. The molecule has 2 aliphatic rings. The average Bonchev–Trinajstić information content (AvgIpc) is 3.25. The number of esters is 1. The number of hydrogen-bond acceptors (Lipinski definition) is 6. The lowest BCUT2D eigenvalue weighted by Crippen LogP contribution is -2.20. The van der Waals surface area contributed by atoms with E-state index in [0.717, 1.165) is 12.5 Å². The molecule has 0 saturated carbocycles. The van der Waals surface area contributed by atoms with Crippen LogP contribution in [-0.2, 0) is 15.9 Å². The minimum Gasteiger partial charge on any atom is -0.507 e. The molecule has 25 heavy (non-hydrogen) atoms. The molecule has 2 heterocycles. The normalized spacial score (nSPS) is 31.2. The van der Waals surface area contributed by atoms with Crippen LogP contribution < -0.4 is 0 Å². The van der Waals surface area contributed by atoms with Crippen molar-refractivity contribution in [2.45, 2.75) is 57.0 Å². The maximum Gasteiger partial charge on any atom is 0.342 e. The Morgan fingerprint density at radius 2 is 1.88 bits per heavy atom. The predicted molar refractivity (Wildman–Crippen MR) is 91.0 cm³/mol. The first-order valence-electron chi connectivity index (χ1n) is 8.29. The van der Waals surface area contributed by atoms with Crippen LogP contribution in [0.4, 0.5) is 0 Å². The highest BCUT2D eigenvalue weighted by Gasteiger charge is 2.39. The van der Waals surface area contributed by atoms with Gasteiger partial charge in [-0.3, -0.25) is 0 Å². The number of phenols is 2. The van der Waals surface area contributed by atoms with Gasteiger partial charge < -0.3 is 24.8 Å². The fourth-order valence-electron chi connectivity index (χ4n) is 3.12. The van der Waals surface area contributed by atoms with Crippen molar-refractivity contribution in [3.05, 3.63) is 34.4 Å². The standard InChI is InChI=1S/C18H21ClO6/c1-9-6-15-14(25-15)5-3-2-4-10(20)7-11-16(18(23)24-9)12(21)8-13(22)17(11)19/h2-3,8-10,14-15,20-22H,4-7H2,1H3/b3-2+/t9-,10-,14-,15-/m1/s1. The third-order valence-corrected chi connectivity index (χ3v) is 4.89. The zero-order valence-electron chi connectivity index (χ0n) is 13.8. The fourth-order valence-corrected chi connectivity index (χ4v) is 3.34. The van der Waals surface area contributed by atoms with E-state index in [2.05, 4.69) is 0 Å². The molecule has 0 amide bonds. The molecular weight excluding hydrogens is 348 g/mol. The van der Waals surface area contributed by atoms with E-state index in [1.807, 2.05) is 12.2 Å². The number of carbonyl (C=O) groups excluding carboxylic acids is 1. The number of halogens is 1. The largest absolute Gasteiger partial charge is 0.507 e. The molecule has 0 aliphatic carbocycles. The molecule has 1 aromatic carbocycles. The number of aliphatic hydroxyl groups is 1. The van der Waals surface area contributed by atoms with Crippen molar-refractivity contribution in [2.75, 3.05) is 0 Å². The fraction of sp³-hybridized carbons (Fsp3) is 0.500. The molecule has 136 valence electrons. The maximum atomic E-state index is 12.5. The molecule has 0 aromatic heterocycles. The van der Waals surface area contributed by atoms with E-state index in [9.17, 15) is 20.1 Å². The van der Waals surface area contributed by atoms with E-state index in [4.69, 9.17) is 21.1 Å². The molecule has 3 rings (SSSR count). The van der Waals surface area contributed by atoms with E-state index < -0.39 is 23.9 Å². The van der Waals surface area contributed by atoms with E-state index >= 15 is 0 Å². The van der Waals surface area contributed by atoms with Crippen LogP contribution >= 0.6 is 11.6 Å². The molecule has 7 heteroatoms. The zero-order chi connectivity index (χ0) is 18.1. The molecule has 1 aromatic rings. The van der Waals surface area contributed by atoms with Gasteiger partial charge in [-0.25, -0.2) is 4.79 Å². The monoisotopic (exact) mass is 368 g/mol. The van der Waals surface area contributed by atoms with Crippen LogP contribution in [0.2, 0.25) is 5.02 Å². The Bertz CT molecular complexity index is 701.